The van der Waals surface area contributed by atoms with Gasteiger partial charge in [-0.1, -0.05) is 12.8 Å². The summed E-state index contributed by atoms with van der Waals surface area (Å²) in [6, 6.07) is 0.633. The Kier molecular flexibility index (Phi) is 5.52. The van der Waals surface area contributed by atoms with Gasteiger partial charge in [0.2, 0.25) is 0 Å². The van der Waals surface area contributed by atoms with E-state index in [2.05, 4.69) is 15.5 Å². The quantitative estimate of drug-likeness (QED) is 0.579. The molecule has 4 heteroatoms. The molecule has 2 N–H and O–H groups in total. The summed E-state index contributed by atoms with van der Waals surface area (Å²) in [5, 5.41) is 7.60. The lowest BCUT2D eigenvalue weighted by Crippen LogP contribution is -2.41. The van der Waals surface area contributed by atoms with Crippen LogP contribution in [0.15, 0.2) is 0 Å². The van der Waals surface area contributed by atoms with E-state index in [1.54, 1.807) is 0 Å². The molecule has 1 aliphatic carbocycles. The first-order valence-corrected chi connectivity index (χ1v) is 7.52. The van der Waals surface area contributed by atoms with E-state index in [0.29, 0.717) is 6.04 Å². The molecule has 98 valence electrons. The number of thiocarbonyl (C=S) groups is 1. The van der Waals surface area contributed by atoms with Crippen molar-refractivity contribution in [3.63, 3.8) is 0 Å². The van der Waals surface area contributed by atoms with Gasteiger partial charge in [0.05, 0.1) is 0 Å². The standard InChI is InChI=1S/C13H25N3S/c17-13(15-12-6-1-2-7-12)14-8-5-11-16-9-3-4-10-16/h12H,1-11H2,(H2,14,15,17). The van der Waals surface area contributed by atoms with Gasteiger partial charge in [-0.05, 0) is 64.0 Å². The maximum atomic E-state index is 5.30. The second kappa shape index (κ2) is 7.17. The third-order valence-electron chi connectivity index (χ3n) is 3.83. The summed E-state index contributed by atoms with van der Waals surface area (Å²) in [5.74, 6) is 0. The van der Waals surface area contributed by atoms with Gasteiger partial charge in [-0.2, -0.15) is 0 Å². The highest BCUT2D eigenvalue weighted by Gasteiger charge is 2.15. The molecule has 0 aromatic rings. The fraction of sp³-hybridized carbons (Fsp3) is 0.923. The number of hydrogen-bond donors (Lipinski definition) is 2. The van der Waals surface area contributed by atoms with Crippen LogP contribution in [0.25, 0.3) is 0 Å². The van der Waals surface area contributed by atoms with Crippen molar-refractivity contribution in [1.29, 1.82) is 0 Å². The summed E-state index contributed by atoms with van der Waals surface area (Å²) >= 11 is 5.30. The molecule has 0 unspecified atom stereocenters. The SMILES string of the molecule is S=C(NCCCN1CCCC1)NC1CCCC1. The van der Waals surface area contributed by atoms with Crippen LogP contribution < -0.4 is 10.6 Å². The van der Waals surface area contributed by atoms with Gasteiger partial charge in [-0.3, -0.25) is 0 Å². The summed E-state index contributed by atoms with van der Waals surface area (Å²) < 4.78 is 0. The Labute approximate surface area is 110 Å². The Morgan fingerprint density at radius 2 is 1.82 bits per heavy atom. The predicted octanol–water partition coefficient (Wildman–Crippen LogP) is 1.88. The predicted molar refractivity (Wildman–Crippen MR) is 76.3 cm³/mol. The zero-order valence-electron chi connectivity index (χ0n) is 10.7. The molecule has 0 bridgehead atoms. The smallest absolute Gasteiger partial charge is 0.166 e. The molecule has 0 aromatic heterocycles. The molecular weight excluding hydrogens is 230 g/mol. The van der Waals surface area contributed by atoms with E-state index in [-0.39, 0.29) is 0 Å². The van der Waals surface area contributed by atoms with E-state index in [1.807, 2.05) is 0 Å². The minimum atomic E-state index is 0.633. The van der Waals surface area contributed by atoms with Gasteiger partial charge in [0.15, 0.2) is 5.11 Å². The van der Waals surface area contributed by atoms with Gasteiger partial charge >= 0.3 is 0 Å². The van der Waals surface area contributed by atoms with E-state index < -0.39 is 0 Å². The van der Waals surface area contributed by atoms with Crippen molar-refractivity contribution in [2.24, 2.45) is 0 Å². The first-order chi connectivity index (χ1) is 8.34. The Morgan fingerprint density at radius 1 is 1.12 bits per heavy atom. The third kappa shape index (κ3) is 4.80. The highest BCUT2D eigenvalue weighted by Crippen LogP contribution is 2.17. The van der Waals surface area contributed by atoms with Crippen LogP contribution in [-0.2, 0) is 0 Å². The van der Waals surface area contributed by atoms with E-state index in [0.717, 1.165) is 11.7 Å². The zero-order valence-corrected chi connectivity index (χ0v) is 11.5. The third-order valence-corrected chi connectivity index (χ3v) is 4.09. The fourth-order valence-electron chi connectivity index (χ4n) is 2.82. The van der Waals surface area contributed by atoms with Crippen molar-refractivity contribution in [2.45, 2.75) is 51.0 Å². The van der Waals surface area contributed by atoms with E-state index >= 15 is 0 Å². The van der Waals surface area contributed by atoms with Crippen LogP contribution in [0.3, 0.4) is 0 Å². The Balaban J connectivity index is 1.47. The molecule has 0 spiro atoms. The first-order valence-electron chi connectivity index (χ1n) is 7.11. The average Bonchev–Trinajstić information content (AvgIpc) is 2.96. The molecule has 2 fully saturated rings. The second-order valence-corrected chi connectivity index (χ2v) is 5.69. The van der Waals surface area contributed by atoms with Crippen LogP contribution in [0.5, 0.6) is 0 Å². The number of hydrogen-bond acceptors (Lipinski definition) is 2. The van der Waals surface area contributed by atoms with Gasteiger partial charge in [0, 0.05) is 12.6 Å². The molecule has 0 aromatic carbocycles. The Bertz CT molecular complexity index is 233. The average molecular weight is 255 g/mol. The molecule has 0 amide bonds. The summed E-state index contributed by atoms with van der Waals surface area (Å²) in [7, 11) is 0. The number of nitrogens with zero attached hydrogens (tertiary/aromatic N) is 1. The molecule has 2 aliphatic rings. The van der Waals surface area contributed by atoms with Crippen LogP contribution in [0.1, 0.15) is 44.9 Å². The minimum Gasteiger partial charge on any atom is -0.363 e. The zero-order chi connectivity index (χ0) is 11.9. The molecule has 17 heavy (non-hydrogen) atoms. The number of likely N-dealkylation sites (tertiary alicyclic amines) is 1. The molecule has 0 atom stereocenters. The maximum Gasteiger partial charge on any atom is 0.166 e. The van der Waals surface area contributed by atoms with Crippen molar-refractivity contribution >= 4 is 17.3 Å². The molecule has 1 aliphatic heterocycles. The van der Waals surface area contributed by atoms with Crippen LogP contribution in [0.2, 0.25) is 0 Å². The number of nitrogens with one attached hydrogen (secondary N) is 2. The van der Waals surface area contributed by atoms with Gasteiger partial charge in [0.1, 0.15) is 0 Å². The minimum absolute atomic E-state index is 0.633. The number of rotatable bonds is 5. The molecule has 1 saturated heterocycles. The molecule has 1 saturated carbocycles. The lowest BCUT2D eigenvalue weighted by atomic mass is 10.3. The topological polar surface area (TPSA) is 27.3 Å². The molecule has 2 rings (SSSR count). The van der Waals surface area contributed by atoms with Crippen LogP contribution in [0, 0.1) is 0 Å². The van der Waals surface area contributed by atoms with Gasteiger partial charge in [0.25, 0.3) is 0 Å². The lowest BCUT2D eigenvalue weighted by Gasteiger charge is -2.17. The van der Waals surface area contributed by atoms with E-state index in [9.17, 15) is 0 Å². The summed E-state index contributed by atoms with van der Waals surface area (Å²) in [5.41, 5.74) is 0. The van der Waals surface area contributed by atoms with E-state index in [4.69, 9.17) is 12.2 Å². The van der Waals surface area contributed by atoms with Gasteiger partial charge in [-0.15, -0.1) is 0 Å². The van der Waals surface area contributed by atoms with Crippen LogP contribution >= 0.6 is 12.2 Å². The van der Waals surface area contributed by atoms with Crippen molar-refractivity contribution < 1.29 is 0 Å². The highest BCUT2D eigenvalue weighted by atomic mass is 32.1. The Hall–Kier alpha value is -0.350. The molecular formula is C13H25N3S. The van der Waals surface area contributed by atoms with Crippen LogP contribution in [0.4, 0.5) is 0 Å². The van der Waals surface area contributed by atoms with Gasteiger partial charge in [-0.25, -0.2) is 0 Å². The van der Waals surface area contributed by atoms with E-state index in [1.165, 1.54) is 64.6 Å². The van der Waals surface area contributed by atoms with Crippen molar-refractivity contribution in [1.82, 2.24) is 15.5 Å². The maximum absolute atomic E-state index is 5.30. The van der Waals surface area contributed by atoms with Gasteiger partial charge < -0.3 is 15.5 Å². The second-order valence-electron chi connectivity index (χ2n) is 5.28. The fourth-order valence-corrected chi connectivity index (χ4v) is 3.09. The highest BCUT2D eigenvalue weighted by molar-refractivity contribution is 7.80. The molecule has 1 heterocycles. The largest absolute Gasteiger partial charge is 0.363 e. The monoisotopic (exact) mass is 255 g/mol. The normalized spacial score (nSPS) is 21.9. The summed E-state index contributed by atoms with van der Waals surface area (Å²) in [6.45, 7) is 4.82. The Morgan fingerprint density at radius 3 is 2.53 bits per heavy atom. The van der Waals surface area contributed by atoms with Crippen molar-refractivity contribution in [2.75, 3.05) is 26.2 Å². The van der Waals surface area contributed by atoms with Crippen molar-refractivity contribution in [3.8, 4) is 0 Å². The van der Waals surface area contributed by atoms with Crippen LogP contribution in [-0.4, -0.2) is 42.2 Å². The molecule has 3 nitrogen and oxygen atoms in total. The molecule has 0 radical (unpaired) electrons. The summed E-state index contributed by atoms with van der Waals surface area (Å²) in [6.07, 6.45) is 9.26. The first kappa shape index (κ1) is 13.1. The summed E-state index contributed by atoms with van der Waals surface area (Å²) in [4.78, 5) is 2.55. The van der Waals surface area contributed by atoms with Crippen molar-refractivity contribution in [3.05, 3.63) is 0 Å². The lowest BCUT2D eigenvalue weighted by molar-refractivity contribution is 0.334.